The van der Waals surface area contributed by atoms with Gasteiger partial charge in [-0.1, -0.05) is 108 Å². The van der Waals surface area contributed by atoms with Crippen molar-refractivity contribution in [2.75, 3.05) is 0 Å². The van der Waals surface area contributed by atoms with Crippen LogP contribution in [0.3, 0.4) is 0 Å². The number of benzene rings is 3. The van der Waals surface area contributed by atoms with Gasteiger partial charge in [0.05, 0.1) is 11.4 Å². The van der Waals surface area contributed by atoms with Crippen LogP contribution in [0.2, 0.25) is 5.02 Å². The van der Waals surface area contributed by atoms with Gasteiger partial charge in [-0.15, -0.1) is 6.58 Å². The summed E-state index contributed by atoms with van der Waals surface area (Å²) in [5.41, 5.74) is 5.45. The van der Waals surface area contributed by atoms with Gasteiger partial charge in [0.15, 0.2) is 5.16 Å². The van der Waals surface area contributed by atoms with Gasteiger partial charge in [0.25, 0.3) is 0 Å². The Labute approximate surface area is 180 Å². The summed E-state index contributed by atoms with van der Waals surface area (Å²) in [5.74, 6) is 0.760. The fourth-order valence-electron chi connectivity index (χ4n) is 3.28. The van der Waals surface area contributed by atoms with Crippen molar-refractivity contribution in [3.05, 3.63) is 108 Å². The quantitative estimate of drug-likeness (QED) is 0.231. The molecule has 1 heterocycles. The number of rotatable bonds is 7. The van der Waals surface area contributed by atoms with E-state index in [-0.39, 0.29) is 0 Å². The third kappa shape index (κ3) is 4.31. The first-order valence-electron chi connectivity index (χ1n) is 9.46. The molecular formula is C25H21ClN2S. The third-order valence-electron chi connectivity index (χ3n) is 4.65. The molecule has 4 heteroatoms. The van der Waals surface area contributed by atoms with Crippen LogP contribution in [-0.2, 0) is 12.3 Å². The van der Waals surface area contributed by atoms with E-state index in [0.29, 0.717) is 6.54 Å². The molecule has 0 fully saturated rings. The summed E-state index contributed by atoms with van der Waals surface area (Å²) in [6.45, 7) is 4.66. The van der Waals surface area contributed by atoms with Gasteiger partial charge in [-0.2, -0.15) is 0 Å². The maximum Gasteiger partial charge on any atom is 0.169 e. The molecule has 0 unspecified atom stereocenters. The second-order valence-corrected chi connectivity index (χ2v) is 7.95. The molecular weight excluding hydrogens is 396 g/mol. The average Bonchev–Trinajstić information content (AvgIpc) is 3.13. The highest BCUT2D eigenvalue weighted by Gasteiger charge is 2.20. The lowest BCUT2D eigenvalue weighted by Gasteiger charge is -2.11. The lowest BCUT2D eigenvalue weighted by atomic mass is 10.0. The molecule has 2 nitrogen and oxygen atoms in total. The summed E-state index contributed by atoms with van der Waals surface area (Å²) in [4.78, 5) is 5.06. The number of allylic oxidation sites excluding steroid dienone is 1. The van der Waals surface area contributed by atoms with E-state index < -0.39 is 0 Å². The number of halogens is 1. The average molecular weight is 417 g/mol. The molecule has 0 saturated carbocycles. The highest BCUT2D eigenvalue weighted by molar-refractivity contribution is 7.98. The van der Waals surface area contributed by atoms with Crippen LogP contribution in [0.25, 0.3) is 22.5 Å². The monoisotopic (exact) mass is 416 g/mol. The normalized spacial score (nSPS) is 10.8. The van der Waals surface area contributed by atoms with E-state index in [9.17, 15) is 0 Å². The standard InChI is InChI=1S/C25H21ClN2S/c1-2-17-28-24(20-13-7-4-8-14-20)23(19-11-5-3-6-12-19)27-25(28)29-18-21-15-9-10-16-22(21)26/h2-16H,1,17-18H2. The molecule has 0 spiro atoms. The molecule has 0 aliphatic heterocycles. The molecule has 3 aromatic carbocycles. The van der Waals surface area contributed by atoms with Crippen molar-refractivity contribution in [1.82, 2.24) is 9.55 Å². The molecule has 29 heavy (non-hydrogen) atoms. The Kier molecular flexibility index (Phi) is 6.18. The van der Waals surface area contributed by atoms with E-state index in [1.165, 1.54) is 0 Å². The van der Waals surface area contributed by atoms with E-state index in [1.54, 1.807) is 11.8 Å². The molecule has 0 radical (unpaired) electrons. The van der Waals surface area contributed by atoms with Crippen LogP contribution in [0.5, 0.6) is 0 Å². The molecule has 144 valence electrons. The molecule has 1 aromatic heterocycles. The highest BCUT2D eigenvalue weighted by Crippen LogP contribution is 2.37. The topological polar surface area (TPSA) is 17.8 Å². The van der Waals surface area contributed by atoms with E-state index in [4.69, 9.17) is 16.6 Å². The van der Waals surface area contributed by atoms with Crippen molar-refractivity contribution in [2.45, 2.75) is 17.5 Å². The Hall–Kier alpha value is -2.75. The van der Waals surface area contributed by atoms with Gasteiger partial charge >= 0.3 is 0 Å². The summed E-state index contributed by atoms with van der Waals surface area (Å²) >= 11 is 8.06. The minimum absolute atomic E-state index is 0.689. The minimum atomic E-state index is 0.689. The first-order valence-corrected chi connectivity index (χ1v) is 10.8. The van der Waals surface area contributed by atoms with Crippen LogP contribution in [0.4, 0.5) is 0 Å². The van der Waals surface area contributed by atoms with E-state index in [0.717, 1.165) is 44.0 Å². The predicted octanol–water partition coefficient (Wildman–Crippen LogP) is 7.35. The second kappa shape index (κ2) is 9.17. The largest absolute Gasteiger partial charge is 0.315 e. The van der Waals surface area contributed by atoms with Crippen molar-refractivity contribution < 1.29 is 0 Å². The molecule has 0 bridgehead atoms. The van der Waals surface area contributed by atoms with Gasteiger partial charge in [0.1, 0.15) is 0 Å². The number of imidazole rings is 1. The Bertz CT molecular complexity index is 1100. The molecule has 0 saturated heterocycles. The first kappa shape index (κ1) is 19.6. The smallest absolute Gasteiger partial charge is 0.169 e. The van der Waals surface area contributed by atoms with Crippen LogP contribution in [0.1, 0.15) is 5.56 Å². The number of hydrogen-bond acceptors (Lipinski definition) is 2. The molecule has 0 aliphatic rings. The zero-order valence-corrected chi connectivity index (χ0v) is 17.5. The number of hydrogen-bond donors (Lipinski definition) is 0. The second-order valence-electron chi connectivity index (χ2n) is 6.60. The zero-order chi connectivity index (χ0) is 20.1. The van der Waals surface area contributed by atoms with Crippen LogP contribution >= 0.6 is 23.4 Å². The molecule has 0 atom stereocenters. The van der Waals surface area contributed by atoms with Crippen LogP contribution in [0, 0.1) is 0 Å². The fourth-order valence-corrected chi connectivity index (χ4v) is 4.58. The van der Waals surface area contributed by atoms with Gasteiger partial charge in [-0.3, -0.25) is 0 Å². The van der Waals surface area contributed by atoms with Crippen molar-refractivity contribution >= 4 is 23.4 Å². The van der Waals surface area contributed by atoms with Crippen molar-refractivity contribution in [1.29, 1.82) is 0 Å². The SMILES string of the molecule is C=CCn1c(SCc2ccccc2Cl)nc(-c2ccccc2)c1-c1ccccc1. The summed E-state index contributed by atoms with van der Waals surface area (Å²) in [5, 5.41) is 1.75. The van der Waals surface area contributed by atoms with Crippen LogP contribution < -0.4 is 0 Å². The van der Waals surface area contributed by atoms with Crippen molar-refractivity contribution in [3.63, 3.8) is 0 Å². The van der Waals surface area contributed by atoms with E-state index >= 15 is 0 Å². The first-order chi connectivity index (χ1) is 14.3. The summed E-state index contributed by atoms with van der Waals surface area (Å²) < 4.78 is 2.24. The summed E-state index contributed by atoms with van der Waals surface area (Å²) in [6, 6.07) is 28.7. The molecule has 4 aromatic rings. The molecule has 0 amide bonds. The van der Waals surface area contributed by atoms with Gasteiger partial charge in [-0.05, 0) is 11.6 Å². The number of nitrogens with zero attached hydrogens (tertiary/aromatic N) is 2. The Balaban J connectivity index is 1.82. The van der Waals surface area contributed by atoms with Gasteiger partial charge in [-0.25, -0.2) is 4.98 Å². The lowest BCUT2D eigenvalue weighted by molar-refractivity contribution is 0.732. The summed E-state index contributed by atoms with van der Waals surface area (Å²) in [6.07, 6.45) is 1.92. The maximum absolute atomic E-state index is 6.36. The van der Waals surface area contributed by atoms with Crippen molar-refractivity contribution in [3.8, 4) is 22.5 Å². The van der Waals surface area contributed by atoms with Gasteiger partial charge in [0, 0.05) is 28.4 Å². The maximum atomic E-state index is 6.36. The summed E-state index contributed by atoms with van der Waals surface area (Å²) in [7, 11) is 0. The van der Waals surface area contributed by atoms with Gasteiger partial charge in [0.2, 0.25) is 0 Å². The van der Waals surface area contributed by atoms with Crippen molar-refractivity contribution in [2.24, 2.45) is 0 Å². The highest BCUT2D eigenvalue weighted by atomic mass is 35.5. The van der Waals surface area contributed by atoms with Crippen LogP contribution in [0.15, 0.2) is 103 Å². The van der Waals surface area contributed by atoms with E-state index in [1.807, 2.05) is 48.5 Å². The lowest BCUT2D eigenvalue weighted by Crippen LogP contribution is -2.00. The zero-order valence-electron chi connectivity index (χ0n) is 16.0. The Morgan fingerprint density at radius 1 is 0.862 bits per heavy atom. The Morgan fingerprint density at radius 2 is 1.48 bits per heavy atom. The van der Waals surface area contributed by atoms with E-state index in [2.05, 4.69) is 53.6 Å². The number of aromatic nitrogens is 2. The molecule has 4 rings (SSSR count). The third-order valence-corrected chi connectivity index (χ3v) is 6.05. The molecule has 0 aliphatic carbocycles. The van der Waals surface area contributed by atoms with Gasteiger partial charge < -0.3 is 4.57 Å². The number of thioether (sulfide) groups is 1. The Morgan fingerprint density at radius 3 is 2.14 bits per heavy atom. The fraction of sp³-hybridized carbons (Fsp3) is 0.0800. The molecule has 0 N–H and O–H groups in total. The predicted molar refractivity (Wildman–Crippen MR) is 124 cm³/mol. The van der Waals surface area contributed by atoms with Crippen LogP contribution in [-0.4, -0.2) is 9.55 Å². The minimum Gasteiger partial charge on any atom is -0.315 e.